The van der Waals surface area contributed by atoms with Crippen LogP contribution in [0, 0.1) is 5.92 Å². The monoisotopic (exact) mass is 519 g/mol. The molecule has 0 radical (unpaired) electrons. The second-order valence-corrected chi connectivity index (χ2v) is 8.18. The number of hydrogen-bond donors (Lipinski definition) is 1. The van der Waals surface area contributed by atoms with Crippen molar-refractivity contribution in [3.05, 3.63) is 0 Å². The maximum absolute atomic E-state index is 13.5. The molecule has 5 nitrogen and oxygen atoms in total. The summed E-state index contributed by atoms with van der Waals surface area (Å²) in [4.78, 5) is 11.5. The van der Waals surface area contributed by atoms with Crippen LogP contribution in [-0.4, -0.2) is 35.7 Å². The summed E-state index contributed by atoms with van der Waals surface area (Å²) in [5, 5.41) is -6.43. The molecule has 1 N–H and O–H groups in total. The van der Waals surface area contributed by atoms with Crippen LogP contribution in [0.5, 0.6) is 0 Å². The zero-order chi connectivity index (χ0) is 19.9. The van der Waals surface area contributed by atoms with E-state index in [0.29, 0.717) is 17.6 Å². The Balaban J connectivity index is 3.04. The van der Waals surface area contributed by atoms with Gasteiger partial charge in [-0.1, -0.05) is 12.8 Å². The molecule has 0 unspecified atom stereocenters. The van der Waals surface area contributed by atoms with Gasteiger partial charge in [0.2, 0.25) is 5.91 Å². The van der Waals surface area contributed by atoms with Gasteiger partial charge in [0.25, 0.3) is 0 Å². The third kappa shape index (κ3) is 4.64. The fraction of sp³-hybridized carbons (Fsp3) is 0.900. The molecule has 1 fully saturated rings. The van der Waals surface area contributed by atoms with E-state index < -0.39 is 43.2 Å². The fourth-order valence-corrected chi connectivity index (χ4v) is 2.93. The smallest absolute Gasteiger partial charge is 0.274 e. The third-order valence-corrected chi connectivity index (χ3v) is 5.23. The molecule has 0 aliphatic heterocycles. The van der Waals surface area contributed by atoms with Crippen LogP contribution in [0.15, 0.2) is 0 Å². The molecule has 15 heteroatoms. The maximum atomic E-state index is 13.5. The number of rotatable bonds is 7. The van der Waals surface area contributed by atoms with Gasteiger partial charge < -0.3 is 0 Å². The summed E-state index contributed by atoms with van der Waals surface area (Å²) in [5.74, 6) is -2.57. The van der Waals surface area contributed by atoms with Crippen LogP contribution in [0.1, 0.15) is 25.7 Å². The standard InChI is InChI=1S/C10H10F8INO4S/c11-7(12,19)8(13,14)24-9(15,16)10(17,18)25(22,23)20-6(21)5-3-1-2-4-5/h5H,1-4H2,(H,20,21). The lowest BCUT2D eigenvalue weighted by Crippen LogP contribution is -2.58. The topological polar surface area (TPSA) is 72.5 Å². The normalized spacial score (nSPS) is 18.4. The Labute approximate surface area is 149 Å². The summed E-state index contributed by atoms with van der Waals surface area (Å²) < 4.78 is 124. The van der Waals surface area contributed by atoms with Crippen molar-refractivity contribution in [2.24, 2.45) is 5.92 Å². The van der Waals surface area contributed by atoms with Crippen molar-refractivity contribution >= 4 is 38.5 Å². The van der Waals surface area contributed by atoms with Crippen molar-refractivity contribution in [1.82, 2.24) is 4.72 Å². The van der Waals surface area contributed by atoms with E-state index in [4.69, 9.17) is 0 Å². The molecule has 0 spiro atoms. The number of halogens is 9. The maximum Gasteiger partial charge on any atom is 0.453 e. The number of alkyl halides is 9. The fourth-order valence-electron chi connectivity index (χ4n) is 1.90. The number of nitrogens with one attached hydrogen (secondary N) is 1. The highest BCUT2D eigenvalue weighted by Crippen LogP contribution is 2.48. The summed E-state index contributed by atoms with van der Waals surface area (Å²) >= 11 is -0.352. The van der Waals surface area contributed by atoms with Crippen molar-refractivity contribution in [2.45, 2.75) is 47.1 Å². The van der Waals surface area contributed by atoms with E-state index in [9.17, 15) is 48.3 Å². The van der Waals surface area contributed by atoms with Crippen LogP contribution in [-0.2, 0) is 19.6 Å². The number of carbonyl (C=O) groups excluding carboxylic acids is 1. The minimum atomic E-state index is -6.56. The Hall–Kier alpha value is -0.450. The van der Waals surface area contributed by atoms with Gasteiger partial charge in [-0.25, -0.2) is 9.46 Å². The summed E-state index contributed by atoms with van der Waals surface area (Å²) in [7, 11) is -6.56. The lowest BCUT2D eigenvalue weighted by molar-refractivity contribution is -0.438. The first kappa shape index (κ1) is 22.6. The first-order chi connectivity index (χ1) is 10.9. The quantitative estimate of drug-likeness (QED) is 0.318. The number of hydrogen-bond acceptors (Lipinski definition) is 4. The largest absolute Gasteiger partial charge is 0.453 e. The molecule has 0 heterocycles. The molecule has 0 aromatic rings. The number of ether oxygens (including phenoxy) is 1. The lowest BCUT2D eigenvalue weighted by Gasteiger charge is -2.30. The van der Waals surface area contributed by atoms with Gasteiger partial charge >= 0.3 is 31.4 Å². The first-order valence-electron chi connectivity index (χ1n) is 6.41. The van der Waals surface area contributed by atoms with Gasteiger partial charge in [-0.05, 0) is 12.8 Å². The van der Waals surface area contributed by atoms with Gasteiger partial charge in [0.15, 0.2) is 0 Å². The van der Waals surface area contributed by atoms with Crippen molar-refractivity contribution < 1.29 is 53.1 Å². The van der Waals surface area contributed by atoms with Crippen LogP contribution in [0.4, 0.5) is 35.1 Å². The first-order valence-corrected chi connectivity index (χ1v) is 8.97. The molecule has 1 saturated carbocycles. The highest BCUT2D eigenvalue weighted by atomic mass is 127. The van der Waals surface area contributed by atoms with E-state index in [1.807, 2.05) is 0 Å². The molecule has 0 bridgehead atoms. The molecule has 0 atom stereocenters. The van der Waals surface area contributed by atoms with Crippen LogP contribution in [0.25, 0.3) is 0 Å². The van der Waals surface area contributed by atoms with Crippen molar-refractivity contribution in [3.63, 3.8) is 0 Å². The van der Waals surface area contributed by atoms with Crippen LogP contribution < -0.4 is 4.72 Å². The SMILES string of the molecule is O=C(NS(=O)(=O)C(F)(F)C(F)(F)OC(F)(F)C(F)(F)I)C1CCCC1. The molecular weight excluding hydrogens is 509 g/mol. The Bertz CT molecular complexity index is 615. The molecule has 0 aromatic heterocycles. The van der Waals surface area contributed by atoms with Gasteiger partial charge in [-0.2, -0.15) is 43.5 Å². The van der Waals surface area contributed by atoms with Gasteiger partial charge in [-0.15, -0.1) is 0 Å². The molecular formula is C10H10F8INO4S. The highest BCUT2D eigenvalue weighted by molar-refractivity contribution is 14.1. The summed E-state index contributed by atoms with van der Waals surface area (Å²) in [6.45, 7) is 0. The summed E-state index contributed by atoms with van der Waals surface area (Å²) in [5.41, 5.74) is 0. The van der Waals surface area contributed by atoms with Crippen LogP contribution in [0.3, 0.4) is 0 Å². The molecule has 0 saturated heterocycles. The second kappa shape index (κ2) is 6.94. The zero-order valence-corrected chi connectivity index (χ0v) is 14.8. The minimum Gasteiger partial charge on any atom is -0.274 e. The molecule has 1 amide bonds. The van der Waals surface area contributed by atoms with Crippen molar-refractivity contribution in [3.8, 4) is 0 Å². The third-order valence-electron chi connectivity index (χ3n) is 3.22. The molecule has 25 heavy (non-hydrogen) atoms. The van der Waals surface area contributed by atoms with Crippen molar-refractivity contribution in [2.75, 3.05) is 0 Å². The Kier molecular flexibility index (Phi) is 6.27. The van der Waals surface area contributed by atoms with Crippen LogP contribution >= 0.6 is 22.6 Å². The number of sulfonamides is 1. The van der Waals surface area contributed by atoms with Gasteiger partial charge in [0.1, 0.15) is 0 Å². The number of amides is 1. The van der Waals surface area contributed by atoms with Crippen molar-refractivity contribution in [1.29, 1.82) is 0 Å². The molecule has 1 aliphatic carbocycles. The van der Waals surface area contributed by atoms with E-state index >= 15 is 0 Å². The van der Waals surface area contributed by atoms with Crippen LogP contribution in [0.2, 0.25) is 0 Å². The second-order valence-electron chi connectivity index (χ2n) is 5.10. The Morgan fingerprint density at radius 1 is 0.960 bits per heavy atom. The minimum absolute atomic E-state index is 0.110. The highest BCUT2D eigenvalue weighted by Gasteiger charge is 2.74. The molecule has 0 aromatic carbocycles. The van der Waals surface area contributed by atoms with E-state index in [1.165, 1.54) is 0 Å². The van der Waals surface area contributed by atoms with E-state index in [0.717, 1.165) is 0 Å². The van der Waals surface area contributed by atoms with Gasteiger partial charge in [0, 0.05) is 28.5 Å². The Morgan fingerprint density at radius 3 is 1.80 bits per heavy atom. The van der Waals surface area contributed by atoms with Gasteiger partial charge in [0.05, 0.1) is 0 Å². The predicted octanol–water partition coefficient (Wildman–Crippen LogP) is 3.45. The average Bonchev–Trinajstić information content (AvgIpc) is 2.88. The zero-order valence-electron chi connectivity index (χ0n) is 11.8. The molecule has 148 valence electrons. The summed E-state index contributed by atoms with van der Waals surface area (Å²) in [6.07, 6.45) is -11.5. The summed E-state index contributed by atoms with van der Waals surface area (Å²) in [6, 6.07) is 0. The average molecular weight is 519 g/mol. The molecule has 1 rings (SSSR count). The van der Waals surface area contributed by atoms with Gasteiger partial charge in [-0.3, -0.25) is 4.79 Å². The number of carbonyl (C=O) groups is 1. The molecule has 1 aliphatic rings. The predicted molar refractivity (Wildman–Crippen MR) is 73.9 cm³/mol. The van der Waals surface area contributed by atoms with E-state index in [2.05, 4.69) is 4.74 Å². The van der Waals surface area contributed by atoms with E-state index in [-0.39, 0.29) is 35.4 Å². The van der Waals surface area contributed by atoms with E-state index in [1.54, 1.807) is 0 Å². The Morgan fingerprint density at radius 2 is 1.40 bits per heavy atom. The lowest BCUT2D eigenvalue weighted by atomic mass is 10.1.